The molecule has 0 amide bonds. The van der Waals surface area contributed by atoms with E-state index < -0.39 is 12.3 Å². The van der Waals surface area contributed by atoms with Gasteiger partial charge in [-0.1, -0.05) is 0 Å². The third kappa shape index (κ3) is 1.93. The Labute approximate surface area is 108 Å². The maximum Gasteiger partial charge on any atom is 0.245 e. The number of aromatic nitrogens is 4. The van der Waals surface area contributed by atoms with E-state index in [9.17, 15) is 5.11 Å². The van der Waals surface area contributed by atoms with E-state index in [1.807, 2.05) is 0 Å². The Kier molecular flexibility index (Phi) is 3.05. The average Bonchev–Trinajstić information content (AvgIpc) is 3.01. The molecule has 3 heterocycles. The van der Waals surface area contributed by atoms with Gasteiger partial charge in [-0.25, -0.2) is 9.97 Å². The highest BCUT2D eigenvalue weighted by Gasteiger charge is 2.36. The van der Waals surface area contributed by atoms with Crippen molar-refractivity contribution in [2.24, 2.45) is 0 Å². The van der Waals surface area contributed by atoms with Crippen molar-refractivity contribution in [3.63, 3.8) is 0 Å². The maximum atomic E-state index is 9.99. The number of rotatable bonds is 3. The molecule has 1 saturated heterocycles. The highest BCUT2D eigenvalue weighted by atomic mass is 16.5. The highest BCUT2D eigenvalue weighted by Crippen LogP contribution is 2.31. The number of nitrogens with zero attached hydrogens (tertiary/aromatic N) is 4. The van der Waals surface area contributed by atoms with Gasteiger partial charge in [0, 0.05) is 6.42 Å². The quantitative estimate of drug-likeness (QED) is 0.770. The summed E-state index contributed by atoms with van der Waals surface area (Å²) in [7, 11) is 1.50. The van der Waals surface area contributed by atoms with E-state index in [1.54, 1.807) is 4.57 Å². The molecule has 8 nitrogen and oxygen atoms in total. The second kappa shape index (κ2) is 4.72. The first-order valence-electron chi connectivity index (χ1n) is 5.90. The van der Waals surface area contributed by atoms with Crippen molar-refractivity contribution in [3.05, 3.63) is 12.7 Å². The van der Waals surface area contributed by atoms with E-state index in [1.165, 1.54) is 19.8 Å². The fourth-order valence-electron chi connectivity index (χ4n) is 2.26. The lowest BCUT2D eigenvalue weighted by Crippen LogP contribution is -2.19. The Hall–Kier alpha value is -1.77. The minimum Gasteiger partial charge on any atom is -0.479 e. The lowest BCUT2D eigenvalue weighted by Gasteiger charge is -2.16. The Morgan fingerprint density at radius 1 is 1.47 bits per heavy atom. The first-order chi connectivity index (χ1) is 9.24. The van der Waals surface area contributed by atoms with Gasteiger partial charge < -0.3 is 19.7 Å². The van der Waals surface area contributed by atoms with E-state index in [0.29, 0.717) is 23.5 Å². The second-order valence-electron chi connectivity index (χ2n) is 4.34. The molecule has 0 radical (unpaired) electrons. The molecular formula is C11H14N4O4. The fraction of sp³-hybridized carbons (Fsp3) is 0.545. The number of aliphatic hydroxyl groups excluding tert-OH is 2. The summed E-state index contributed by atoms with van der Waals surface area (Å²) in [6.07, 6.45) is 1.57. The van der Waals surface area contributed by atoms with E-state index in [-0.39, 0.29) is 12.7 Å². The number of hydrogen-bond acceptors (Lipinski definition) is 7. The number of imidazole rings is 1. The molecule has 19 heavy (non-hydrogen) atoms. The molecule has 1 aliphatic rings. The van der Waals surface area contributed by atoms with Gasteiger partial charge in [0.2, 0.25) is 5.88 Å². The van der Waals surface area contributed by atoms with Crippen molar-refractivity contribution >= 4 is 11.2 Å². The molecule has 2 unspecified atom stereocenters. The molecule has 3 rings (SSSR count). The van der Waals surface area contributed by atoms with Crippen molar-refractivity contribution < 1.29 is 19.7 Å². The van der Waals surface area contributed by atoms with Gasteiger partial charge in [0.15, 0.2) is 17.4 Å². The molecule has 1 fully saturated rings. The van der Waals surface area contributed by atoms with Gasteiger partial charge >= 0.3 is 0 Å². The number of hydrogen-bond donors (Lipinski definition) is 2. The van der Waals surface area contributed by atoms with E-state index >= 15 is 0 Å². The SMILES string of the molecule is COc1ncnc2c1ncn2C1O[C@H](CO)CC1O. The number of aliphatic hydroxyl groups is 2. The maximum absolute atomic E-state index is 9.99. The van der Waals surface area contributed by atoms with Crippen LogP contribution in [0.3, 0.4) is 0 Å². The lowest BCUT2D eigenvalue weighted by molar-refractivity contribution is -0.0486. The summed E-state index contributed by atoms with van der Waals surface area (Å²) in [6, 6.07) is 0. The molecule has 0 spiro atoms. The van der Waals surface area contributed by atoms with Crippen LogP contribution < -0.4 is 4.74 Å². The zero-order chi connectivity index (χ0) is 13.4. The van der Waals surface area contributed by atoms with E-state index in [4.69, 9.17) is 14.6 Å². The molecule has 0 aliphatic carbocycles. The largest absolute Gasteiger partial charge is 0.479 e. The van der Waals surface area contributed by atoms with Crippen LogP contribution in [0.2, 0.25) is 0 Å². The molecule has 3 atom stereocenters. The van der Waals surface area contributed by atoms with Gasteiger partial charge in [-0.3, -0.25) is 4.57 Å². The molecule has 0 aromatic carbocycles. The molecule has 8 heteroatoms. The Morgan fingerprint density at radius 3 is 3.00 bits per heavy atom. The zero-order valence-electron chi connectivity index (χ0n) is 10.3. The predicted molar refractivity (Wildman–Crippen MR) is 63.5 cm³/mol. The van der Waals surface area contributed by atoms with Crippen LogP contribution in [-0.4, -0.2) is 55.7 Å². The number of ether oxygens (including phenoxy) is 2. The monoisotopic (exact) mass is 266 g/mol. The Bertz CT molecular complexity index is 587. The summed E-state index contributed by atoms with van der Waals surface area (Å²) in [5.41, 5.74) is 1.03. The highest BCUT2D eigenvalue weighted by molar-refractivity contribution is 5.75. The normalized spacial score (nSPS) is 27.0. The van der Waals surface area contributed by atoms with Crippen LogP contribution in [0.4, 0.5) is 0 Å². The van der Waals surface area contributed by atoms with Crippen LogP contribution in [0.15, 0.2) is 12.7 Å². The average molecular weight is 266 g/mol. The molecule has 2 aromatic heterocycles. The van der Waals surface area contributed by atoms with Crippen molar-refractivity contribution in [1.82, 2.24) is 19.5 Å². The summed E-state index contributed by atoms with van der Waals surface area (Å²) in [4.78, 5) is 12.3. The van der Waals surface area contributed by atoms with Crippen molar-refractivity contribution in [3.8, 4) is 5.88 Å². The molecule has 2 N–H and O–H groups in total. The molecule has 2 aromatic rings. The minimum absolute atomic E-state index is 0.126. The second-order valence-corrected chi connectivity index (χ2v) is 4.34. The Morgan fingerprint density at radius 2 is 2.32 bits per heavy atom. The third-order valence-electron chi connectivity index (χ3n) is 3.16. The summed E-state index contributed by atoms with van der Waals surface area (Å²) >= 11 is 0. The van der Waals surface area contributed by atoms with Gasteiger partial charge in [-0.2, -0.15) is 4.98 Å². The fourth-order valence-corrected chi connectivity index (χ4v) is 2.26. The van der Waals surface area contributed by atoms with Crippen LogP contribution >= 0.6 is 0 Å². The summed E-state index contributed by atoms with van der Waals surface area (Å²) in [5.74, 6) is 0.370. The van der Waals surface area contributed by atoms with Crippen molar-refractivity contribution in [1.29, 1.82) is 0 Å². The molecule has 0 saturated carbocycles. The van der Waals surface area contributed by atoms with Crippen molar-refractivity contribution in [2.75, 3.05) is 13.7 Å². The van der Waals surface area contributed by atoms with Crippen LogP contribution in [0, 0.1) is 0 Å². The van der Waals surface area contributed by atoms with E-state index in [2.05, 4.69) is 15.0 Å². The van der Waals surface area contributed by atoms with Gasteiger partial charge in [0.1, 0.15) is 12.4 Å². The molecule has 0 bridgehead atoms. The first kappa shape index (κ1) is 12.3. The smallest absolute Gasteiger partial charge is 0.245 e. The lowest BCUT2D eigenvalue weighted by atomic mass is 10.2. The summed E-state index contributed by atoms with van der Waals surface area (Å²) in [5, 5.41) is 19.1. The van der Waals surface area contributed by atoms with Gasteiger partial charge in [-0.15, -0.1) is 0 Å². The summed E-state index contributed by atoms with van der Waals surface area (Å²) in [6.45, 7) is -0.126. The van der Waals surface area contributed by atoms with Gasteiger partial charge in [0.05, 0.1) is 26.1 Å². The minimum atomic E-state index is -0.712. The molecule has 1 aliphatic heterocycles. The predicted octanol–water partition coefficient (Wildman–Crippen LogP) is -0.524. The number of methoxy groups -OCH3 is 1. The van der Waals surface area contributed by atoms with Crippen LogP contribution in [0.1, 0.15) is 12.6 Å². The van der Waals surface area contributed by atoms with Gasteiger partial charge in [-0.05, 0) is 0 Å². The van der Waals surface area contributed by atoms with Crippen LogP contribution in [0.25, 0.3) is 11.2 Å². The topological polar surface area (TPSA) is 103 Å². The number of fused-ring (bicyclic) bond motifs is 1. The van der Waals surface area contributed by atoms with Crippen LogP contribution in [0.5, 0.6) is 5.88 Å². The third-order valence-corrected chi connectivity index (χ3v) is 3.16. The zero-order valence-corrected chi connectivity index (χ0v) is 10.3. The molecular weight excluding hydrogens is 252 g/mol. The Balaban J connectivity index is 2.02. The van der Waals surface area contributed by atoms with E-state index in [0.717, 1.165) is 0 Å². The van der Waals surface area contributed by atoms with Gasteiger partial charge in [0.25, 0.3) is 0 Å². The molecule has 102 valence electrons. The summed E-state index contributed by atoms with van der Waals surface area (Å²) < 4.78 is 12.3. The standard InChI is InChI=1S/C11H14N4O4/c1-18-10-8-9(12-4-13-10)15(5-14-8)11-7(17)2-6(3-16)19-11/h4-7,11,16-17H,2-3H2,1H3/t6-,7?,11?/m0/s1. The first-order valence-corrected chi connectivity index (χ1v) is 5.90. The van der Waals surface area contributed by atoms with Crippen LogP contribution in [-0.2, 0) is 4.74 Å². The van der Waals surface area contributed by atoms with Crippen molar-refractivity contribution in [2.45, 2.75) is 24.9 Å².